The minimum absolute atomic E-state index is 0.00694. The average molecular weight is 194 g/mol. The lowest BCUT2D eigenvalue weighted by molar-refractivity contribution is -0.129. The van der Waals surface area contributed by atoms with Crippen LogP contribution in [-0.2, 0) is 9.59 Å². The highest BCUT2D eigenvalue weighted by Crippen LogP contribution is 2.49. The van der Waals surface area contributed by atoms with Crippen molar-refractivity contribution in [3.63, 3.8) is 0 Å². The number of carbonyl (C=O) groups is 2. The molecule has 0 bridgehead atoms. The number of hydrogen-bond acceptors (Lipinski definition) is 2. The second-order valence-electron chi connectivity index (χ2n) is 5.28. The number of allylic oxidation sites excluding steroid dienone is 2. The van der Waals surface area contributed by atoms with Gasteiger partial charge in [0.25, 0.3) is 0 Å². The Morgan fingerprint density at radius 3 is 1.29 bits per heavy atom. The first-order valence-electron chi connectivity index (χ1n) is 4.91. The first-order chi connectivity index (χ1) is 6.14. The summed E-state index contributed by atoms with van der Waals surface area (Å²) in [5.41, 5.74) is 0.103. The minimum Gasteiger partial charge on any atom is -0.293 e. The molecule has 0 heterocycles. The summed E-state index contributed by atoms with van der Waals surface area (Å²) in [6.45, 7) is 11.0. The summed E-state index contributed by atoms with van der Waals surface area (Å²) in [6, 6.07) is 0. The van der Waals surface area contributed by atoms with Gasteiger partial charge in [0.05, 0.1) is 5.57 Å². The third-order valence-electron chi connectivity index (χ3n) is 3.65. The van der Waals surface area contributed by atoms with Crippen LogP contribution in [0.1, 0.15) is 41.5 Å². The van der Waals surface area contributed by atoms with E-state index >= 15 is 0 Å². The van der Waals surface area contributed by atoms with Gasteiger partial charge in [-0.3, -0.25) is 9.59 Å². The maximum absolute atomic E-state index is 12.0. The van der Waals surface area contributed by atoms with Crippen molar-refractivity contribution in [1.29, 1.82) is 0 Å². The molecule has 0 aliphatic heterocycles. The number of ketones is 2. The van der Waals surface area contributed by atoms with Crippen molar-refractivity contribution in [2.24, 2.45) is 10.8 Å². The van der Waals surface area contributed by atoms with Gasteiger partial charge in [-0.1, -0.05) is 33.3 Å². The van der Waals surface area contributed by atoms with Gasteiger partial charge >= 0.3 is 0 Å². The van der Waals surface area contributed by atoms with Crippen LogP contribution in [0.25, 0.3) is 0 Å². The third-order valence-corrected chi connectivity index (χ3v) is 3.65. The van der Waals surface area contributed by atoms with E-state index in [1.54, 1.807) is 0 Å². The first-order valence-corrected chi connectivity index (χ1v) is 4.91. The van der Waals surface area contributed by atoms with E-state index in [1.807, 2.05) is 41.5 Å². The van der Waals surface area contributed by atoms with Crippen molar-refractivity contribution >= 4 is 11.6 Å². The van der Waals surface area contributed by atoms with E-state index in [4.69, 9.17) is 0 Å². The molecule has 1 aliphatic rings. The van der Waals surface area contributed by atoms with Crippen molar-refractivity contribution in [2.75, 3.05) is 0 Å². The summed E-state index contributed by atoms with van der Waals surface area (Å²) >= 11 is 0. The van der Waals surface area contributed by atoms with Crippen molar-refractivity contribution < 1.29 is 9.59 Å². The Labute approximate surface area is 85.4 Å². The van der Waals surface area contributed by atoms with Crippen LogP contribution >= 0.6 is 0 Å². The summed E-state index contributed by atoms with van der Waals surface area (Å²) in [7, 11) is 0. The molecule has 14 heavy (non-hydrogen) atoms. The molecule has 2 nitrogen and oxygen atoms in total. The Morgan fingerprint density at radius 2 is 1.14 bits per heavy atom. The van der Waals surface area contributed by atoms with Gasteiger partial charge in [-0.15, -0.1) is 0 Å². The molecule has 2 heteroatoms. The monoisotopic (exact) mass is 194 g/mol. The lowest BCUT2D eigenvalue weighted by Crippen LogP contribution is -2.35. The predicted molar refractivity (Wildman–Crippen MR) is 56.0 cm³/mol. The van der Waals surface area contributed by atoms with E-state index in [0.717, 1.165) is 5.57 Å². The predicted octanol–water partition coefficient (Wildman–Crippen LogP) is 2.53. The fourth-order valence-corrected chi connectivity index (χ4v) is 1.75. The molecule has 0 radical (unpaired) electrons. The lowest BCUT2D eigenvalue weighted by Gasteiger charge is -2.30. The van der Waals surface area contributed by atoms with Crippen LogP contribution in [0.2, 0.25) is 0 Å². The molecule has 0 amide bonds. The molecule has 0 atom stereocenters. The van der Waals surface area contributed by atoms with E-state index in [0.29, 0.717) is 5.57 Å². The molecule has 0 aromatic carbocycles. The molecule has 0 saturated heterocycles. The molecule has 1 fully saturated rings. The summed E-state index contributed by atoms with van der Waals surface area (Å²) in [4.78, 5) is 24.0. The zero-order valence-corrected chi connectivity index (χ0v) is 9.82. The molecular weight excluding hydrogens is 176 g/mol. The van der Waals surface area contributed by atoms with E-state index in [9.17, 15) is 9.59 Å². The Hall–Kier alpha value is -0.920. The van der Waals surface area contributed by atoms with Crippen LogP contribution in [-0.4, -0.2) is 11.6 Å². The topological polar surface area (TPSA) is 34.1 Å². The Morgan fingerprint density at radius 1 is 0.857 bits per heavy atom. The highest BCUT2D eigenvalue weighted by Gasteiger charge is 2.57. The van der Waals surface area contributed by atoms with Crippen LogP contribution in [0.4, 0.5) is 0 Å². The molecule has 0 N–H and O–H groups in total. The van der Waals surface area contributed by atoms with Crippen LogP contribution < -0.4 is 0 Å². The van der Waals surface area contributed by atoms with Gasteiger partial charge in [0.1, 0.15) is 0 Å². The molecule has 0 unspecified atom stereocenters. The summed E-state index contributed by atoms with van der Waals surface area (Å²) in [5.74, 6) is -0.0139. The zero-order chi connectivity index (χ0) is 11.3. The van der Waals surface area contributed by atoms with Crippen molar-refractivity contribution in [2.45, 2.75) is 41.5 Å². The smallest absolute Gasteiger partial charge is 0.172 e. The van der Waals surface area contributed by atoms with Crippen LogP contribution in [0.3, 0.4) is 0 Å². The zero-order valence-electron chi connectivity index (χ0n) is 9.82. The molecule has 0 aromatic heterocycles. The number of hydrogen-bond donors (Lipinski definition) is 0. The molecule has 78 valence electrons. The summed E-state index contributed by atoms with van der Waals surface area (Å²) < 4.78 is 0. The van der Waals surface area contributed by atoms with E-state index in [2.05, 4.69) is 0 Å². The van der Waals surface area contributed by atoms with Crippen LogP contribution in [0.15, 0.2) is 11.1 Å². The van der Waals surface area contributed by atoms with Gasteiger partial charge < -0.3 is 0 Å². The van der Waals surface area contributed by atoms with Crippen LogP contribution in [0.5, 0.6) is 0 Å². The van der Waals surface area contributed by atoms with E-state index in [-0.39, 0.29) is 11.6 Å². The average Bonchev–Trinajstić information content (AvgIpc) is 2.12. The number of carbonyl (C=O) groups excluding carboxylic acids is 2. The Kier molecular flexibility index (Phi) is 2.22. The van der Waals surface area contributed by atoms with Crippen molar-refractivity contribution in [1.82, 2.24) is 0 Å². The number of Topliss-reactive ketones (excluding diaryl/α,β-unsaturated/α-hetero) is 2. The second kappa shape index (κ2) is 2.78. The van der Waals surface area contributed by atoms with Gasteiger partial charge in [0, 0.05) is 10.8 Å². The summed E-state index contributed by atoms with van der Waals surface area (Å²) in [6.07, 6.45) is 0. The highest BCUT2D eigenvalue weighted by atomic mass is 16.2. The second-order valence-corrected chi connectivity index (χ2v) is 5.28. The quantitative estimate of drug-likeness (QED) is 0.438. The minimum atomic E-state index is -0.573. The largest absolute Gasteiger partial charge is 0.293 e. The Bertz CT molecular complexity index is 311. The van der Waals surface area contributed by atoms with Gasteiger partial charge in [-0.2, -0.15) is 0 Å². The molecule has 1 aliphatic carbocycles. The first kappa shape index (κ1) is 11.2. The lowest BCUT2D eigenvalue weighted by atomic mass is 9.70. The third kappa shape index (κ3) is 1.09. The van der Waals surface area contributed by atoms with Gasteiger partial charge in [-0.25, -0.2) is 0 Å². The van der Waals surface area contributed by atoms with E-state index < -0.39 is 10.8 Å². The SMILES string of the molecule is CC(C)=C1C(=O)C(C)(C)C(C)(C)C1=O. The van der Waals surface area contributed by atoms with Gasteiger partial charge in [0.15, 0.2) is 11.6 Å². The standard InChI is InChI=1S/C12H18O2/c1-7(2)8-9(13)11(3,4)12(5,6)10(8)14/h1-6H3. The van der Waals surface area contributed by atoms with Crippen molar-refractivity contribution in [3.8, 4) is 0 Å². The highest BCUT2D eigenvalue weighted by molar-refractivity contribution is 6.30. The number of rotatable bonds is 0. The normalized spacial score (nSPS) is 24.3. The van der Waals surface area contributed by atoms with Crippen LogP contribution in [0, 0.1) is 10.8 Å². The summed E-state index contributed by atoms with van der Waals surface area (Å²) in [5, 5.41) is 0. The molecule has 1 saturated carbocycles. The fourth-order valence-electron chi connectivity index (χ4n) is 1.75. The van der Waals surface area contributed by atoms with Gasteiger partial charge in [-0.05, 0) is 13.8 Å². The fraction of sp³-hybridized carbons (Fsp3) is 0.667. The van der Waals surface area contributed by atoms with Crippen molar-refractivity contribution in [3.05, 3.63) is 11.1 Å². The molecule has 0 spiro atoms. The molecule has 1 rings (SSSR count). The molecular formula is C12H18O2. The maximum Gasteiger partial charge on any atom is 0.172 e. The maximum atomic E-state index is 12.0. The van der Waals surface area contributed by atoms with Gasteiger partial charge in [0.2, 0.25) is 0 Å². The Balaban J connectivity index is 3.46. The molecule has 0 aromatic rings. The van der Waals surface area contributed by atoms with E-state index in [1.165, 1.54) is 0 Å².